The van der Waals surface area contributed by atoms with Gasteiger partial charge in [-0.2, -0.15) is 0 Å². The Bertz CT molecular complexity index is 693. The van der Waals surface area contributed by atoms with Crippen LogP contribution < -0.4 is 0 Å². The highest BCUT2D eigenvalue weighted by molar-refractivity contribution is 7.99. The minimum atomic E-state index is 0.322. The van der Waals surface area contributed by atoms with Gasteiger partial charge in [0.1, 0.15) is 11.5 Å². The van der Waals surface area contributed by atoms with Crippen LogP contribution in [0, 0.1) is 0 Å². The average Bonchev–Trinajstić information content (AvgIpc) is 2.76. The number of unbranched alkanes of at least 4 members (excludes halogenated alkanes) is 10. The summed E-state index contributed by atoms with van der Waals surface area (Å²) in [5.74, 6) is 0.643. The zero-order valence-corrected chi connectivity index (χ0v) is 20.5. The highest BCUT2D eigenvalue weighted by atomic mass is 32.2. The van der Waals surface area contributed by atoms with Crippen LogP contribution >= 0.6 is 11.8 Å². The molecule has 0 bridgehead atoms. The van der Waals surface area contributed by atoms with Gasteiger partial charge in [0.15, 0.2) is 0 Å². The third kappa shape index (κ3) is 9.19. The second-order valence-corrected chi connectivity index (χ2v) is 9.69. The van der Waals surface area contributed by atoms with Crippen molar-refractivity contribution in [3.05, 3.63) is 47.5 Å². The monoisotopic (exact) mass is 442 g/mol. The molecular weight excluding hydrogens is 400 g/mol. The van der Waals surface area contributed by atoms with E-state index in [2.05, 4.69) is 26.0 Å². The first-order chi connectivity index (χ1) is 15.2. The Morgan fingerprint density at radius 3 is 1.35 bits per heavy atom. The molecule has 0 aliphatic carbocycles. The predicted molar refractivity (Wildman–Crippen MR) is 134 cm³/mol. The van der Waals surface area contributed by atoms with E-state index in [0.29, 0.717) is 11.5 Å². The average molecular weight is 443 g/mol. The maximum Gasteiger partial charge on any atom is 0.129 e. The molecule has 0 aromatic heterocycles. The van der Waals surface area contributed by atoms with E-state index in [0.717, 1.165) is 35.5 Å². The van der Waals surface area contributed by atoms with Crippen molar-refractivity contribution in [3.63, 3.8) is 0 Å². The maximum atomic E-state index is 10.6. The normalized spacial score (nSPS) is 11.2. The molecule has 172 valence electrons. The second kappa shape index (κ2) is 15.2. The van der Waals surface area contributed by atoms with Gasteiger partial charge in [-0.15, -0.1) is 0 Å². The lowest BCUT2D eigenvalue weighted by Gasteiger charge is -2.15. The van der Waals surface area contributed by atoms with E-state index < -0.39 is 0 Å². The molecule has 0 radical (unpaired) electrons. The fourth-order valence-corrected chi connectivity index (χ4v) is 5.22. The van der Waals surface area contributed by atoms with Crippen LogP contribution in [0.15, 0.2) is 46.2 Å². The Hall–Kier alpha value is -1.61. The molecule has 0 fully saturated rings. The van der Waals surface area contributed by atoms with Crippen molar-refractivity contribution >= 4 is 11.8 Å². The molecule has 0 aliphatic heterocycles. The smallest absolute Gasteiger partial charge is 0.129 e. The van der Waals surface area contributed by atoms with Gasteiger partial charge in [0.25, 0.3) is 0 Å². The number of rotatable bonds is 16. The van der Waals surface area contributed by atoms with Crippen LogP contribution in [-0.4, -0.2) is 10.2 Å². The second-order valence-electron chi connectivity index (χ2n) is 8.67. The third-order valence-electron chi connectivity index (χ3n) is 5.96. The van der Waals surface area contributed by atoms with Crippen LogP contribution in [0.2, 0.25) is 0 Å². The number of aryl methyl sites for hydroxylation is 2. The zero-order chi connectivity index (χ0) is 22.3. The summed E-state index contributed by atoms with van der Waals surface area (Å²) >= 11 is 1.54. The Morgan fingerprint density at radius 2 is 0.935 bits per heavy atom. The number of hydrogen-bond acceptors (Lipinski definition) is 3. The van der Waals surface area contributed by atoms with Gasteiger partial charge in [0.2, 0.25) is 0 Å². The molecule has 0 amide bonds. The highest BCUT2D eigenvalue weighted by Crippen LogP contribution is 2.43. The standard InChI is InChI=1S/C28H42O2S/c1-3-5-7-9-11-13-17-23-19-15-21-25(29)27(23)31-28-24(20-16-22-26(28)30)18-14-12-10-8-6-4-2/h15-16,19-22,29-30H,3-14,17-18H2,1-2H3. The summed E-state index contributed by atoms with van der Waals surface area (Å²) in [5, 5.41) is 21.2. The molecule has 0 unspecified atom stereocenters. The maximum absolute atomic E-state index is 10.6. The summed E-state index contributed by atoms with van der Waals surface area (Å²) in [5.41, 5.74) is 2.38. The van der Waals surface area contributed by atoms with Crippen molar-refractivity contribution in [2.75, 3.05) is 0 Å². The summed E-state index contributed by atoms with van der Waals surface area (Å²) in [4.78, 5) is 1.81. The largest absolute Gasteiger partial charge is 0.507 e. The van der Waals surface area contributed by atoms with Gasteiger partial charge in [-0.1, -0.05) is 114 Å². The van der Waals surface area contributed by atoms with Crippen LogP contribution in [0.4, 0.5) is 0 Å². The molecule has 0 spiro atoms. The van der Waals surface area contributed by atoms with Crippen molar-refractivity contribution < 1.29 is 10.2 Å². The fraction of sp³-hybridized carbons (Fsp3) is 0.571. The Labute approximate surface area is 194 Å². The van der Waals surface area contributed by atoms with Crippen molar-refractivity contribution in [1.82, 2.24) is 0 Å². The summed E-state index contributed by atoms with van der Waals surface area (Å²) in [6.07, 6.45) is 17.1. The predicted octanol–water partition coefficient (Wildman–Crippen LogP) is 9.06. The van der Waals surface area contributed by atoms with E-state index in [4.69, 9.17) is 0 Å². The quantitative estimate of drug-likeness (QED) is 0.255. The summed E-state index contributed by atoms with van der Waals surface area (Å²) in [6, 6.07) is 11.7. The lowest BCUT2D eigenvalue weighted by atomic mass is 10.0. The van der Waals surface area contributed by atoms with Crippen molar-refractivity contribution in [2.24, 2.45) is 0 Å². The number of aromatic hydroxyl groups is 2. The first-order valence-electron chi connectivity index (χ1n) is 12.5. The first kappa shape index (κ1) is 25.6. The topological polar surface area (TPSA) is 40.5 Å². The van der Waals surface area contributed by atoms with Gasteiger partial charge < -0.3 is 10.2 Å². The third-order valence-corrected chi connectivity index (χ3v) is 7.31. The lowest BCUT2D eigenvalue weighted by molar-refractivity contribution is 0.457. The van der Waals surface area contributed by atoms with Crippen molar-refractivity contribution in [2.45, 2.75) is 114 Å². The van der Waals surface area contributed by atoms with E-state index in [1.54, 1.807) is 12.1 Å². The van der Waals surface area contributed by atoms with E-state index in [1.807, 2.05) is 12.1 Å². The molecular formula is C28H42O2S. The zero-order valence-electron chi connectivity index (χ0n) is 19.7. The van der Waals surface area contributed by atoms with Gasteiger partial charge in [-0.05, 0) is 48.9 Å². The van der Waals surface area contributed by atoms with Crippen LogP contribution in [-0.2, 0) is 12.8 Å². The minimum Gasteiger partial charge on any atom is -0.507 e. The molecule has 3 heteroatoms. The lowest BCUT2D eigenvalue weighted by Crippen LogP contribution is -1.94. The molecule has 2 aromatic carbocycles. The van der Waals surface area contributed by atoms with E-state index in [-0.39, 0.29) is 0 Å². The fourth-order valence-electron chi connectivity index (χ4n) is 4.07. The van der Waals surface area contributed by atoms with Gasteiger partial charge in [0, 0.05) is 0 Å². The Morgan fingerprint density at radius 1 is 0.548 bits per heavy atom. The molecule has 2 N–H and O–H groups in total. The number of hydrogen-bond donors (Lipinski definition) is 2. The van der Waals surface area contributed by atoms with Gasteiger partial charge in [-0.25, -0.2) is 0 Å². The Kier molecular flexibility index (Phi) is 12.6. The molecule has 2 aromatic rings. The summed E-state index contributed by atoms with van der Waals surface area (Å²) < 4.78 is 0. The van der Waals surface area contributed by atoms with Gasteiger partial charge >= 0.3 is 0 Å². The van der Waals surface area contributed by atoms with Crippen LogP contribution in [0.25, 0.3) is 0 Å². The highest BCUT2D eigenvalue weighted by Gasteiger charge is 2.15. The van der Waals surface area contributed by atoms with Crippen molar-refractivity contribution in [3.8, 4) is 11.5 Å². The number of benzene rings is 2. The van der Waals surface area contributed by atoms with E-state index in [1.165, 1.54) is 87.1 Å². The van der Waals surface area contributed by atoms with Crippen LogP contribution in [0.3, 0.4) is 0 Å². The van der Waals surface area contributed by atoms with Crippen LogP contribution in [0.1, 0.15) is 102 Å². The van der Waals surface area contributed by atoms with E-state index in [9.17, 15) is 10.2 Å². The van der Waals surface area contributed by atoms with Gasteiger partial charge in [-0.3, -0.25) is 0 Å². The Balaban J connectivity index is 2.02. The minimum absolute atomic E-state index is 0.322. The molecule has 0 aliphatic rings. The number of phenols is 2. The van der Waals surface area contributed by atoms with Crippen LogP contribution in [0.5, 0.6) is 11.5 Å². The molecule has 2 rings (SSSR count). The molecule has 0 saturated carbocycles. The SMILES string of the molecule is CCCCCCCCc1cccc(O)c1Sc1c(O)cccc1CCCCCCCC. The first-order valence-corrected chi connectivity index (χ1v) is 13.3. The van der Waals surface area contributed by atoms with E-state index >= 15 is 0 Å². The molecule has 31 heavy (non-hydrogen) atoms. The van der Waals surface area contributed by atoms with Crippen molar-refractivity contribution in [1.29, 1.82) is 0 Å². The van der Waals surface area contributed by atoms with Gasteiger partial charge in [0.05, 0.1) is 9.79 Å². The number of phenolic OH excluding ortho intramolecular Hbond substituents is 2. The molecule has 0 saturated heterocycles. The molecule has 2 nitrogen and oxygen atoms in total. The summed E-state index contributed by atoms with van der Waals surface area (Å²) in [6.45, 7) is 4.49. The molecule has 0 heterocycles. The summed E-state index contributed by atoms with van der Waals surface area (Å²) in [7, 11) is 0. The molecule has 0 atom stereocenters.